The van der Waals surface area contributed by atoms with Crippen molar-refractivity contribution in [2.24, 2.45) is 4.99 Å². The van der Waals surface area contributed by atoms with Gasteiger partial charge in [0, 0.05) is 36.5 Å². The van der Waals surface area contributed by atoms with E-state index in [0.717, 1.165) is 37.7 Å². The van der Waals surface area contributed by atoms with Gasteiger partial charge >= 0.3 is 0 Å². The number of halogens is 1. The minimum absolute atomic E-state index is 0.0450. The van der Waals surface area contributed by atoms with Crippen LogP contribution in [0, 0.1) is 10.1 Å². The first-order valence-corrected chi connectivity index (χ1v) is 9.49. The van der Waals surface area contributed by atoms with Gasteiger partial charge in [0.25, 0.3) is 5.69 Å². The van der Waals surface area contributed by atoms with E-state index in [0.29, 0.717) is 22.1 Å². The van der Waals surface area contributed by atoms with Gasteiger partial charge in [-0.05, 0) is 42.5 Å². The highest BCUT2D eigenvalue weighted by atomic mass is 35.5. The Bertz CT molecular complexity index is 1040. The van der Waals surface area contributed by atoms with Crippen LogP contribution in [0.5, 0.6) is 0 Å². The van der Waals surface area contributed by atoms with E-state index >= 15 is 0 Å². The first-order chi connectivity index (χ1) is 14.1. The van der Waals surface area contributed by atoms with Crippen molar-refractivity contribution in [3.05, 3.63) is 75.5 Å². The van der Waals surface area contributed by atoms with Gasteiger partial charge in [0.15, 0.2) is 0 Å². The zero-order valence-electron chi connectivity index (χ0n) is 15.5. The van der Waals surface area contributed by atoms with Gasteiger partial charge in [-0.15, -0.1) is 0 Å². The monoisotopic (exact) mass is 411 g/mol. The van der Waals surface area contributed by atoms with Crippen LogP contribution in [-0.2, 0) is 4.74 Å². The summed E-state index contributed by atoms with van der Waals surface area (Å²) in [5, 5.41) is 11.4. The standard InChI is InChI=1S/C21H18ClN3O4/c22-20-7-5-17(25(26)27)13-19(20)21-8-6-18(29-21)14-23-15-1-3-16(4-2-15)24-9-11-28-12-10-24/h1-8,13-14H,9-12H2. The molecule has 8 heteroatoms. The van der Waals surface area contributed by atoms with E-state index in [2.05, 4.69) is 9.89 Å². The van der Waals surface area contributed by atoms with Crippen LogP contribution < -0.4 is 4.90 Å². The molecule has 1 fully saturated rings. The number of rotatable bonds is 5. The minimum Gasteiger partial charge on any atom is -0.455 e. The fourth-order valence-electron chi connectivity index (χ4n) is 3.09. The van der Waals surface area contributed by atoms with Crippen molar-refractivity contribution in [3.8, 4) is 11.3 Å². The topological polar surface area (TPSA) is 81.1 Å². The Hall–Kier alpha value is -3.16. The second-order valence-corrected chi connectivity index (χ2v) is 6.90. The molecule has 0 spiro atoms. The van der Waals surface area contributed by atoms with Gasteiger partial charge in [-0.3, -0.25) is 15.1 Å². The third-order valence-corrected chi connectivity index (χ3v) is 4.95. The number of hydrogen-bond donors (Lipinski definition) is 0. The smallest absolute Gasteiger partial charge is 0.270 e. The molecule has 0 radical (unpaired) electrons. The second kappa shape index (κ2) is 8.46. The van der Waals surface area contributed by atoms with Gasteiger partial charge in [0.2, 0.25) is 0 Å². The number of nitro groups is 1. The van der Waals surface area contributed by atoms with Crippen molar-refractivity contribution >= 4 is 34.9 Å². The molecule has 0 amide bonds. The highest BCUT2D eigenvalue weighted by molar-refractivity contribution is 6.33. The van der Waals surface area contributed by atoms with E-state index in [1.807, 2.05) is 24.3 Å². The molecule has 29 heavy (non-hydrogen) atoms. The summed E-state index contributed by atoms with van der Waals surface area (Å²) in [7, 11) is 0. The van der Waals surface area contributed by atoms with Crippen molar-refractivity contribution in [2.45, 2.75) is 0 Å². The molecule has 0 N–H and O–H groups in total. The third kappa shape index (κ3) is 4.47. The van der Waals surface area contributed by atoms with Crippen LogP contribution in [0.2, 0.25) is 5.02 Å². The van der Waals surface area contributed by atoms with E-state index in [4.69, 9.17) is 20.8 Å². The molecular formula is C21H18ClN3O4. The molecule has 1 saturated heterocycles. The maximum atomic E-state index is 11.0. The molecule has 3 aromatic rings. The van der Waals surface area contributed by atoms with E-state index in [1.54, 1.807) is 18.3 Å². The van der Waals surface area contributed by atoms with E-state index < -0.39 is 4.92 Å². The first-order valence-electron chi connectivity index (χ1n) is 9.11. The number of non-ortho nitro benzene ring substituents is 1. The molecule has 0 unspecified atom stereocenters. The average molecular weight is 412 g/mol. The number of furan rings is 1. The first kappa shape index (κ1) is 19.2. The van der Waals surface area contributed by atoms with E-state index in [1.165, 1.54) is 18.2 Å². The second-order valence-electron chi connectivity index (χ2n) is 6.50. The van der Waals surface area contributed by atoms with Crippen LogP contribution >= 0.6 is 11.6 Å². The summed E-state index contributed by atoms with van der Waals surface area (Å²) in [6.07, 6.45) is 1.61. The van der Waals surface area contributed by atoms with Gasteiger partial charge in [0.1, 0.15) is 11.5 Å². The fourth-order valence-corrected chi connectivity index (χ4v) is 3.30. The lowest BCUT2D eigenvalue weighted by atomic mass is 10.1. The summed E-state index contributed by atoms with van der Waals surface area (Å²) in [4.78, 5) is 17.2. The zero-order chi connectivity index (χ0) is 20.2. The summed E-state index contributed by atoms with van der Waals surface area (Å²) in [5.41, 5.74) is 2.37. The Morgan fingerprint density at radius 2 is 1.83 bits per heavy atom. The van der Waals surface area contributed by atoms with Gasteiger partial charge in [-0.25, -0.2) is 0 Å². The van der Waals surface area contributed by atoms with Crippen LogP contribution in [0.4, 0.5) is 17.1 Å². The van der Waals surface area contributed by atoms with Crippen molar-refractivity contribution in [3.63, 3.8) is 0 Å². The lowest BCUT2D eigenvalue weighted by Gasteiger charge is -2.28. The summed E-state index contributed by atoms with van der Waals surface area (Å²) in [6.45, 7) is 3.26. The van der Waals surface area contributed by atoms with Gasteiger partial charge in [-0.2, -0.15) is 0 Å². The SMILES string of the molecule is O=[N+]([O-])c1ccc(Cl)c(-c2ccc(C=Nc3ccc(N4CCOCC4)cc3)o2)c1. The molecule has 2 aromatic carbocycles. The number of anilines is 1. The average Bonchev–Trinajstić information content (AvgIpc) is 3.22. The Morgan fingerprint density at radius 3 is 2.55 bits per heavy atom. The number of aliphatic imine (C=N–C) groups is 1. The Kier molecular flexibility index (Phi) is 5.59. The van der Waals surface area contributed by atoms with Crippen molar-refractivity contribution in [1.82, 2.24) is 0 Å². The Labute approximate surface area is 172 Å². The van der Waals surface area contributed by atoms with Gasteiger partial charge < -0.3 is 14.1 Å². The molecule has 1 aliphatic heterocycles. The third-order valence-electron chi connectivity index (χ3n) is 4.62. The highest BCUT2D eigenvalue weighted by Gasteiger charge is 2.14. The van der Waals surface area contributed by atoms with Gasteiger partial charge in [0.05, 0.1) is 35.1 Å². The molecule has 7 nitrogen and oxygen atoms in total. The van der Waals surface area contributed by atoms with Crippen molar-refractivity contribution in [1.29, 1.82) is 0 Å². The minimum atomic E-state index is -0.467. The van der Waals surface area contributed by atoms with Gasteiger partial charge in [-0.1, -0.05) is 11.6 Å². The van der Waals surface area contributed by atoms with Crippen LogP contribution in [-0.4, -0.2) is 37.4 Å². The predicted octanol–water partition coefficient (Wildman–Crippen LogP) is 5.10. The molecule has 148 valence electrons. The Balaban J connectivity index is 1.48. The fraction of sp³-hybridized carbons (Fsp3) is 0.190. The Morgan fingerprint density at radius 1 is 1.07 bits per heavy atom. The maximum absolute atomic E-state index is 11.0. The van der Waals surface area contributed by atoms with Crippen LogP contribution in [0.15, 0.2) is 64.0 Å². The maximum Gasteiger partial charge on any atom is 0.270 e. The number of hydrogen-bond acceptors (Lipinski definition) is 6. The number of benzene rings is 2. The molecule has 1 aromatic heterocycles. The molecule has 0 bridgehead atoms. The predicted molar refractivity (Wildman–Crippen MR) is 113 cm³/mol. The van der Waals surface area contributed by atoms with Crippen LogP contribution in [0.25, 0.3) is 11.3 Å². The lowest BCUT2D eigenvalue weighted by molar-refractivity contribution is -0.384. The number of ether oxygens (including phenoxy) is 1. The zero-order valence-corrected chi connectivity index (χ0v) is 16.2. The van der Waals surface area contributed by atoms with E-state index in [-0.39, 0.29) is 5.69 Å². The van der Waals surface area contributed by atoms with Crippen LogP contribution in [0.3, 0.4) is 0 Å². The molecule has 0 saturated carbocycles. The van der Waals surface area contributed by atoms with E-state index in [9.17, 15) is 10.1 Å². The van der Waals surface area contributed by atoms with Crippen LogP contribution in [0.1, 0.15) is 5.76 Å². The summed E-state index contributed by atoms with van der Waals surface area (Å²) in [6, 6.07) is 15.7. The van der Waals surface area contributed by atoms with Crippen molar-refractivity contribution < 1.29 is 14.1 Å². The highest BCUT2D eigenvalue weighted by Crippen LogP contribution is 2.32. The molecule has 0 aliphatic carbocycles. The summed E-state index contributed by atoms with van der Waals surface area (Å²) < 4.78 is 11.1. The lowest BCUT2D eigenvalue weighted by Crippen LogP contribution is -2.36. The quantitative estimate of drug-likeness (QED) is 0.331. The summed E-state index contributed by atoms with van der Waals surface area (Å²) >= 11 is 6.17. The number of nitro benzene ring substituents is 1. The summed E-state index contributed by atoms with van der Waals surface area (Å²) in [5.74, 6) is 0.975. The number of nitrogens with zero attached hydrogens (tertiary/aromatic N) is 3. The largest absolute Gasteiger partial charge is 0.455 e. The molecular weight excluding hydrogens is 394 g/mol. The normalized spacial score (nSPS) is 14.4. The van der Waals surface area contributed by atoms with Crippen molar-refractivity contribution in [2.75, 3.05) is 31.2 Å². The molecule has 4 rings (SSSR count). The molecule has 0 atom stereocenters. The molecule has 1 aliphatic rings. The molecule has 2 heterocycles. The number of morpholine rings is 1.